The van der Waals surface area contributed by atoms with Crippen LogP contribution in [0.4, 0.5) is 5.69 Å². The molecule has 0 aromatic heterocycles. The van der Waals surface area contributed by atoms with Gasteiger partial charge >= 0.3 is 0 Å². The third kappa shape index (κ3) is 2.87. The van der Waals surface area contributed by atoms with Gasteiger partial charge in [0.2, 0.25) is 11.8 Å². The number of anilines is 1. The molecule has 2 amide bonds. The summed E-state index contributed by atoms with van der Waals surface area (Å²) >= 11 is 0. The van der Waals surface area contributed by atoms with Crippen molar-refractivity contribution in [3.8, 4) is 0 Å². The van der Waals surface area contributed by atoms with E-state index < -0.39 is 0 Å². The SMILES string of the molecule is O=C(Nc1ccc2c(c1)CCC2)C1CC(=O)N(C2CCCC2)C1. The Kier molecular flexibility index (Phi) is 3.83. The Labute approximate surface area is 137 Å². The maximum Gasteiger partial charge on any atom is 0.229 e. The van der Waals surface area contributed by atoms with Gasteiger partial charge in [-0.05, 0) is 55.4 Å². The molecule has 122 valence electrons. The van der Waals surface area contributed by atoms with Gasteiger partial charge in [-0.2, -0.15) is 0 Å². The minimum Gasteiger partial charge on any atom is -0.339 e. The van der Waals surface area contributed by atoms with Crippen molar-refractivity contribution < 1.29 is 9.59 Å². The first-order valence-electron chi connectivity index (χ1n) is 8.93. The van der Waals surface area contributed by atoms with Crippen molar-refractivity contribution in [2.75, 3.05) is 11.9 Å². The molecule has 0 spiro atoms. The van der Waals surface area contributed by atoms with Crippen LogP contribution < -0.4 is 5.32 Å². The lowest BCUT2D eigenvalue weighted by molar-refractivity contribution is -0.129. The van der Waals surface area contributed by atoms with Gasteiger partial charge in [0.25, 0.3) is 0 Å². The van der Waals surface area contributed by atoms with Gasteiger partial charge in [-0.15, -0.1) is 0 Å². The first-order chi connectivity index (χ1) is 11.2. The number of carbonyl (C=O) groups excluding carboxylic acids is 2. The first kappa shape index (κ1) is 14.7. The van der Waals surface area contributed by atoms with Crippen LogP contribution in [0.1, 0.15) is 49.7 Å². The fraction of sp³-hybridized carbons (Fsp3) is 0.579. The van der Waals surface area contributed by atoms with Crippen LogP contribution in [0.2, 0.25) is 0 Å². The number of hydrogen-bond donors (Lipinski definition) is 1. The summed E-state index contributed by atoms with van der Waals surface area (Å²) in [5, 5.41) is 3.03. The molecule has 0 radical (unpaired) electrons. The molecule has 1 unspecified atom stereocenters. The molecule has 1 heterocycles. The van der Waals surface area contributed by atoms with Crippen LogP contribution in [0.5, 0.6) is 0 Å². The van der Waals surface area contributed by atoms with E-state index in [4.69, 9.17) is 0 Å². The normalized spacial score (nSPS) is 24.3. The topological polar surface area (TPSA) is 49.4 Å². The fourth-order valence-corrected chi connectivity index (χ4v) is 4.37. The van der Waals surface area contributed by atoms with Gasteiger partial charge < -0.3 is 10.2 Å². The second-order valence-electron chi connectivity index (χ2n) is 7.21. The lowest BCUT2D eigenvalue weighted by Gasteiger charge is -2.23. The standard InChI is InChI=1S/C19H24N2O2/c22-18-11-15(12-21(18)17-6-1-2-7-17)19(23)20-16-9-8-13-4-3-5-14(13)10-16/h8-10,15,17H,1-7,11-12H2,(H,20,23). The number of hydrogen-bond acceptors (Lipinski definition) is 2. The molecule has 4 heteroatoms. The van der Waals surface area contributed by atoms with Crippen LogP contribution in [-0.2, 0) is 22.4 Å². The van der Waals surface area contributed by atoms with E-state index in [-0.39, 0.29) is 17.7 Å². The van der Waals surface area contributed by atoms with Gasteiger partial charge in [-0.3, -0.25) is 9.59 Å². The highest BCUT2D eigenvalue weighted by molar-refractivity contribution is 5.97. The summed E-state index contributed by atoms with van der Waals surface area (Å²) < 4.78 is 0. The number of benzene rings is 1. The van der Waals surface area contributed by atoms with E-state index in [1.807, 2.05) is 11.0 Å². The lowest BCUT2D eigenvalue weighted by Crippen LogP contribution is -2.35. The second-order valence-corrected chi connectivity index (χ2v) is 7.21. The third-order valence-electron chi connectivity index (χ3n) is 5.66. The Balaban J connectivity index is 1.40. The van der Waals surface area contributed by atoms with E-state index in [0.29, 0.717) is 19.0 Å². The van der Waals surface area contributed by atoms with Crippen molar-refractivity contribution in [1.29, 1.82) is 0 Å². The Hall–Kier alpha value is -1.84. The number of rotatable bonds is 3. The maximum atomic E-state index is 12.5. The highest BCUT2D eigenvalue weighted by Crippen LogP contribution is 2.30. The van der Waals surface area contributed by atoms with Gasteiger partial charge in [0.1, 0.15) is 0 Å². The monoisotopic (exact) mass is 312 g/mol. The first-order valence-corrected chi connectivity index (χ1v) is 8.93. The summed E-state index contributed by atoms with van der Waals surface area (Å²) in [6.45, 7) is 0.597. The van der Waals surface area contributed by atoms with E-state index in [9.17, 15) is 9.59 Å². The number of fused-ring (bicyclic) bond motifs is 1. The average molecular weight is 312 g/mol. The predicted octanol–water partition coefficient (Wildman–Crippen LogP) is 2.90. The quantitative estimate of drug-likeness (QED) is 0.933. The molecule has 2 aliphatic carbocycles. The van der Waals surface area contributed by atoms with Crippen molar-refractivity contribution in [1.82, 2.24) is 4.90 Å². The molecule has 0 bridgehead atoms. The number of amides is 2. The van der Waals surface area contributed by atoms with E-state index in [0.717, 1.165) is 31.4 Å². The van der Waals surface area contributed by atoms with Gasteiger partial charge in [0.15, 0.2) is 0 Å². The van der Waals surface area contributed by atoms with Crippen LogP contribution in [0, 0.1) is 5.92 Å². The van der Waals surface area contributed by atoms with Crippen LogP contribution in [0.25, 0.3) is 0 Å². The molecule has 1 saturated carbocycles. The molecule has 1 aromatic rings. The predicted molar refractivity (Wildman–Crippen MR) is 89.2 cm³/mol. The minimum atomic E-state index is -0.198. The largest absolute Gasteiger partial charge is 0.339 e. The van der Waals surface area contributed by atoms with Crippen molar-refractivity contribution in [3.63, 3.8) is 0 Å². The number of nitrogens with zero attached hydrogens (tertiary/aromatic N) is 1. The Morgan fingerprint density at radius 1 is 1.09 bits per heavy atom. The Morgan fingerprint density at radius 3 is 2.70 bits per heavy atom. The van der Waals surface area contributed by atoms with E-state index in [2.05, 4.69) is 17.4 Å². The van der Waals surface area contributed by atoms with Gasteiger partial charge in [-0.25, -0.2) is 0 Å². The molecule has 4 rings (SSSR count). The van der Waals surface area contributed by atoms with Crippen molar-refractivity contribution >= 4 is 17.5 Å². The van der Waals surface area contributed by atoms with Gasteiger partial charge in [-0.1, -0.05) is 18.9 Å². The van der Waals surface area contributed by atoms with Crippen LogP contribution in [-0.4, -0.2) is 29.3 Å². The summed E-state index contributed by atoms with van der Waals surface area (Å²) in [4.78, 5) is 26.7. The summed E-state index contributed by atoms with van der Waals surface area (Å²) in [5.74, 6) is -0.0425. The highest BCUT2D eigenvalue weighted by Gasteiger charge is 2.38. The molecule has 1 saturated heterocycles. The zero-order valence-electron chi connectivity index (χ0n) is 13.5. The maximum absolute atomic E-state index is 12.5. The summed E-state index contributed by atoms with van der Waals surface area (Å²) in [7, 11) is 0. The second kappa shape index (κ2) is 5.99. The van der Waals surface area contributed by atoms with Crippen LogP contribution in [0.3, 0.4) is 0 Å². The zero-order chi connectivity index (χ0) is 15.8. The molecule has 1 atom stereocenters. The Morgan fingerprint density at radius 2 is 1.87 bits per heavy atom. The van der Waals surface area contributed by atoms with E-state index >= 15 is 0 Å². The smallest absolute Gasteiger partial charge is 0.229 e. The average Bonchev–Trinajstić information content (AvgIpc) is 3.26. The zero-order valence-corrected chi connectivity index (χ0v) is 13.5. The van der Waals surface area contributed by atoms with Crippen molar-refractivity contribution in [2.45, 2.75) is 57.4 Å². The molecule has 23 heavy (non-hydrogen) atoms. The molecule has 3 aliphatic rings. The summed E-state index contributed by atoms with van der Waals surface area (Å²) in [6.07, 6.45) is 8.46. The lowest BCUT2D eigenvalue weighted by atomic mass is 10.1. The number of carbonyl (C=O) groups is 2. The van der Waals surface area contributed by atoms with Crippen LogP contribution >= 0.6 is 0 Å². The highest BCUT2D eigenvalue weighted by atomic mass is 16.2. The molecule has 2 fully saturated rings. The van der Waals surface area contributed by atoms with E-state index in [1.54, 1.807) is 0 Å². The van der Waals surface area contributed by atoms with Crippen molar-refractivity contribution in [3.05, 3.63) is 29.3 Å². The van der Waals surface area contributed by atoms with Crippen molar-refractivity contribution in [2.24, 2.45) is 5.92 Å². The number of likely N-dealkylation sites (tertiary alicyclic amines) is 1. The molecule has 1 aromatic carbocycles. The summed E-state index contributed by atoms with van der Waals surface area (Å²) in [5.41, 5.74) is 3.65. The Bertz CT molecular complexity index is 634. The summed E-state index contributed by atoms with van der Waals surface area (Å²) in [6, 6.07) is 6.60. The van der Waals surface area contributed by atoms with E-state index in [1.165, 1.54) is 30.4 Å². The van der Waals surface area contributed by atoms with Gasteiger partial charge in [0, 0.05) is 24.7 Å². The molecular weight excluding hydrogens is 288 g/mol. The molecule has 1 N–H and O–H groups in total. The molecule has 4 nitrogen and oxygen atoms in total. The minimum absolute atomic E-state index is 0.00297. The molecule has 1 aliphatic heterocycles. The molecular formula is C19H24N2O2. The third-order valence-corrected chi connectivity index (χ3v) is 5.66. The van der Waals surface area contributed by atoms with Gasteiger partial charge in [0.05, 0.1) is 5.92 Å². The van der Waals surface area contributed by atoms with Crippen LogP contribution in [0.15, 0.2) is 18.2 Å². The number of aryl methyl sites for hydroxylation is 2. The fourth-order valence-electron chi connectivity index (χ4n) is 4.37. The number of nitrogens with one attached hydrogen (secondary N) is 1.